The molecule has 4 nitrogen and oxygen atoms in total. The minimum atomic E-state index is -3.64. The van der Waals surface area contributed by atoms with Crippen LogP contribution in [-0.4, -0.2) is 13.0 Å². The van der Waals surface area contributed by atoms with Gasteiger partial charge in [-0.3, -0.25) is 0 Å². The molecule has 3 rings (SSSR count). The molecule has 0 atom stereocenters. The zero-order valence-electron chi connectivity index (χ0n) is 12.5. The number of thiophene rings is 1. The van der Waals surface area contributed by atoms with Crippen molar-refractivity contribution in [2.75, 3.05) is 0 Å². The Kier molecular flexibility index (Phi) is 3.96. The van der Waals surface area contributed by atoms with E-state index in [0.29, 0.717) is 11.3 Å². The molecule has 22 heavy (non-hydrogen) atoms. The van der Waals surface area contributed by atoms with Crippen LogP contribution in [-0.2, 0) is 16.6 Å². The number of thiazole rings is 1. The van der Waals surface area contributed by atoms with Crippen molar-refractivity contribution >= 4 is 42.9 Å². The predicted molar refractivity (Wildman–Crippen MR) is 92.0 cm³/mol. The molecule has 3 aromatic rings. The van der Waals surface area contributed by atoms with Crippen LogP contribution in [0.4, 0.5) is 0 Å². The van der Waals surface area contributed by atoms with Gasteiger partial charge in [-0.2, -0.15) is 8.42 Å². The summed E-state index contributed by atoms with van der Waals surface area (Å²) in [5.74, 6) is 0. The molecule has 0 amide bonds. The molecule has 0 N–H and O–H groups in total. The highest BCUT2D eigenvalue weighted by atomic mass is 32.2. The van der Waals surface area contributed by atoms with Crippen molar-refractivity contribution in [1.82, 2.24) is 4.57 Å². The van der Waals surface area contributed by atoms with Crippen molar-refractivity contribution in [3.05, 3.63) is 45.6 Å². The van der Waals surface area contributed by atoms with Gasteiger partial charge in [-0.05, 0) is 55.5 Å². The van der Waals surface area contributed by atoms with E-state index in [1.54, 1.807) is 17.5 Å². The van der Waals surface area contributed by atoms with Crippen LogP contribution in [0.1, 0.15) is 18.1 Å². The summed E-state index contributed by atoms with van der Waals surface area (Å²) in [4.78, 5) is 0.524. The van der Waals surface area contributed by atoms with E-state index in [1.807, 2.05) is 11.5 Å². The fourth-order valence-corrected chi connectivity index (χ4v) is 5.60. The number of hydrogen-bond acceptors (Lipinski definition) is 4. The highest BCUT2D eigenvalue weighted by Gasteiger charge is 2.15. The second-order valence-electron chi connectivity index (χ2n) is 5.03. The van der Waals surface area contributed by atoms with E-state index in [1.165, 1.54) is 33.8 Å². The monoisotopic (exact) mass is 352 g/mol. The van der Waals surface area contributed by atoms with Crippen LogP contribution in [0, 0.1) is 13.8 Å². The molecule has 0 aliphatic heterocycles. The Hall–Kier alpha value is -1.44. The SMILES string of the molecule is CCn1/c(=N/S(=O)(=O)c2cccs2)sc2cc(C)c(C)cc21. The molecule has 116 valence electrons. The molecule has 7 heteroatoms. The molecule has 0 bridgehead atoms. The van der Waals surface area contributed by atoms with Gasteiger partial charge in [0.2, 0.25) is 4.80 Å². The number of aryl methyl sites for hydroxylation is 3. The smallest absolute Gasteiger partial charge is 0.294 e. The number of nitrogens with zero attached hydrogens (tertiary/aromatic N) is 2. The lowest BCUT2D eigenvalue weighted by molar-refractivity contribution is 0.597. The number of benzene rings is 1. The molecule has 0 saturated carbocycles. The fourth-order valence-electron chi connectivity index (χ4n) is 2.26. The number of hydrogen-bond donors (Lipinski definition) is 0. The van der Waals surface area contributed by atoms with Gasteiger partial charge in [0, 0.05) is 6.54 Å². The van der Waals surface area contributed by atoms with Gasteiger partial charge in [-0.15, -0.1) is 15.7 Å². The Morgan fingerprint density at radius 1 is 1.23 bits per heavy atom. The van der Waals surface area contributed by atoms with Crippen LogP contribution in [0.3, 0.4) is 0 Å². The Balaban J connectivity index is 2.29. The van der Waals surface area contributed by atoms with Gasteiger partial charge in [0.15, 0.2) is 0 Å². The maximum atomic E-state index is 12.4. The minimum Gasteiger partial charge on any atom is -0.316 e. The molecule has 0 aliphatic rings. The molecule has 2 heterocycles. The van der Waals surface area contributed by atoms with Crippen molar-refractivity contribution in [3.63, 3.8) is 0 Å². The quantitative estimate of drug-likeness (QED) is 0.722. The van der Waals surface area contributed by atoms with E-state index in [-0.39, 0.29) is 4.21 Å². The van der Waals surface area contributed by atoms with Crippen LogP contribution >= 0.6 is 22.7 Å². The topological polar surface area (TPSA) is 51.4 Å². The van der Waals surface area contributed by atoms with Gasteiger partial charge >= 0.3 is 0 Å². The lowest BCUT2D eigenvalue weighted by atomic mass is 10.1. The molecule has 0 fully saturated rings. The van der Waals surface area contributed by atoms with Crippen LogP contribution in [0.15, 0.2) is 38.3 Å². The summed E-state index contributed by atoms with van der Waals surface area (Å²) in [6, 6.07) is 7.50. The average molecular weight is 353 g/mol. The summed E-state index contributed by atoms with van der Waals surface area (Å²) >= 11 is 2.61. The van der Waals surface area contributed by atoms with E-state index in [4.69, 9.17) is 0 Å². The van der Waals surface area contributed by atoms with E-state index in [9.17, 15) is 8.42 Å². The Morgan fingerprint density at radius 2 is 1.95 bits per heavy atom. The first kappa shape index (κ1) is 15.5. The first-order chi connectivity index (χ1) is 10.4. The van der Waals surface area contributed by atoms with Gasteiger partial charge in [-0.1, -0.05) is 17.4 Å². The van der Waals surface area contributed by atoms with Crippen LogP contribution in [0.5, 0.6) is 0 Å². The molecule has 1 aromatic carbocycles. The van der Waals surface area contributed by atoms with Gasteiger partial charge in [0.25, 0.3) is 10.0 Å². The largest absolute Gasteiger partial charge is 0.316 e. The summed E-state index contributed by atoms with van der Waals surface area (Å²) in [5.41, 5.74) is 3.43. The molecule has 2 aromatic heterocycles. The number of sulfonamides is 1. The summed E-state index contributed by atoms with van der Waals surface area (Å²) in [7, 11) is -3.64. The fraction of sp³-hybridized carbons (Fsp3) is 0.267. The average Bonchev–Trinajstić information content (AvgIpc) is 3.07. The van der Waals surface area contributed by atoms with Gasteiger partial charge in [0.05, 0.1) is 10.2 Å². The second-order valence-corrected chi connectivity index (χ2v) is 8.82. The summed E-state index contributed by atoms with van der Waals surface area (Å²) in [5, 5.41) is 1.74. The van der Waals surface area contributed by atoms with Crippen LogP contribution in [0.25, 0.3) is 10.2 Å². The third-order valence-electron chi connectivity index (χ3n) is 3.56. The summed E-state index contributed by atoms with van der Waals surface area (Å²) in [6.45, 7) is 6.80. The molecule has 0 aliphatic carbocycles. The standard InChI is InChI=1S/C15H16N2O2S3/c1-4-17-12-8-10(2)11(3)9-13(12)21-15(17)16-22(18,19)14-6-5-7-20-14/h5-9H,4H2,1-3H3/b16-15-. The van der Waals surface area contributed by atoms with E-state index in [2.05, 4.69) is 30.4 Å². The van der Waals surface area contributed by atoms with E-state index >= 15 is 0 Å². The zero-order chi connectivity index (χ0) is 15.9. The minimum absolute atomic E-state index is 0.278. The Bertz CT molecular complexity index is 994. The van der Waals surface area contributed by atoms with Gasteiger partial charge < -0.3 is 4.57 Å². The number of rotatable bonds is 3. The van der Waals surface area contributed by atoms with Gasteiger partial charge in [-0.25, -0.2) is 0 Å². The second kappa shape index (κ2) is 5.64. The van der Waals surface area contributed by atoms with Crippen LogP contribution < -0.4 is 4.80 Å². The predicted octanol–water partition coefficient (Wildman–Crippen LogP) is 3.69. The highest BCUT2D eigenvalue weighted by molar-refractivity contribution is 7.92. The molecular formula is C15H16N2O2S3. The third-order valence-corrected chi connectivity index (χ3v) is 7.36. The normalized spacial score (nSPS) is 13.1. The van der Waals surface area contributed by atoms with Crippen LogP contribution in [0.2, 0.25) is 0 Å². The first-order valence-corrected chi connectivity index (χ1v) is 10.0. The summed E-state index contributed by atoms with van der Waals surface area (Å²) < 4.78 is 32.1. The Morgan fingerprint density at radius 3 is 2.59 bits per heavy atom. The molecular weight excluding hydrogens is 336 g/mol. The summed E-state index contributed by atoms with van der Waals surface area (Å²) in [6.07, 6.45) is 0. The molecule has 0 radical (unpaired) electrons. The van der Waals surface area contributed by atoms with Crippen molar-refractivity contribution in [2.45, 2.75) is 31.5 Å². The molecule has 0 unspecified atom stereocenters. The molecule has 0 saturated heterocycles. The van der Waals surface area contributed by atoms with E-state index in [0.717, 1.165) is 10.2 Å². The number of fused-ring (bicyclic) bond motifs is 1. The maximum Gasteiger partial charge on any atom is 0.294 e. The lowest BCUT2D eigenvalue weighted by Gasteiger charge is -2.03. The first-order valence-electron chi connectivity index (χ1n) is 6.87. The van der Waals surface area contributed by atoms with Crippen molar-refractivity contribution in [2.24, 2.45) is 4.40 Å². The highest BCUT2D eigenvalue weighted by Crippen LogP contribution is 2.23. The van der Waals surface area contributed by atoms with Gasteiger partial charge in [0.1, 0.15) is 4.21 Å². The van der Waals surface area contributed by atoms with E-state index < -0.39 is 10.0 Å². The maximum absolute atomic E-state index is 12.4. The van der Waals surface area contributed by atoms with Crippen molar-refractivity contribution < 1.29 is 8.42 Å². The number of aromatic nitrogens is 1. The Labute approximate surface area is 137 Å². The lowest BCUT2D eigenvalue weighted by Crippen LogP contribution is -2.15. The zero-order valence-corrected chi connectivity index (χ0v) is 15.0. The van der Waals surface area contributed by atoms with Crippen molar-refractivity contribution in [3.8, 4) is 0 Å². The third kappa shape index (κ3) is 2.64. The molecule has 0 spiro atoms. The van der Waals surface area contributed by atoms with Crippen molar-refractivity contribution in [1.29, 1.82) is 0 Å².